The first-order valence-electron chi connectivity index (χ1n) is 11.9. The highest BCUT2D eigenvalue weighted by atomic mass is 31.2. The monoisotopic (exact) mass is 431 g/mol. The van der Waals surface area contributed by atoms with E-state index in [1.165, 1.54) is 57.0 Å². The summed E-state index contributed by atoms with van der Waals surface area (Å²) in [6.07, 6.45) is 11.0. The summed E-state index contributed by atoms with van der Waals surface area (Å²) in [5.74, 6) is 0.542. The van der Waals surface area contributed by atoms with E-state index < -0.39 is 7.26 Å². The van der Waals surface area contributed by atoms with Gasteiger partial charge in [-0.25, -0.2) is 0 Å². The topological polar surface area (TPSA) is 52.9 Å². The number of unbranched alkanes of at least 4 members (excludes halogenated alkanes) is 3. The van der Waals surface area contributed by atoms with Crippen LogP contribution in [0.15, 0.2) is 12.1 Å². The van der Waals surface area contributed by atoms with Crippen molar-refractivity contribution < 1.29 is 4.79 Å². The summed E-state index contributed by atoms with van der Waals surface area (Å²) in [5.41, 5.74) is 3.60. The van der Waals surface area contributed by atoms with Crippen molar-refractivity contribution in [2.24, 2.45) is 5.92 Å². The van der Waals surface area contributed by atoms with Crippen LogP contribution in [0.4, 0.5) is 5.69 Å². The third-order valence-corrected chi connectivity index (χ3v) is 11.9. The van der Waals surface area contributed by atoms with Crippen molar-refractivity contribution in [3.8, 4) is 6.07 Å². The van der Waals surface area contributed by atoms with Crippen LogP contribution >= 0.6 is 7.26 Å². The molecule has 0 fully saturated rings. The molecule has 0 spiro atoms. The molecule has 1 aromatic carbocycles. The second kappa shape index (κ2) is 13.1. The van der Waals surface area contributed by atoms with E-state index in [1.807, 2.05) is 26.0 Å². The van der Waals surface area contributed by atoms with Gasteiger partial charge >= 0.3 is 0 Å². The smallest absolute Gasteiger partial charge is 0.265 e. The molecule has 0 saturated heterocycles. The van der Waals surface area contributed by atoms with Crippen LogP contribution in [0.25, 0.3) is 0 Å². The van der Waals surface area contributed by atoms with Crippen LogP contribution in [0, 0.1) is 31.1 Å². The highest BCUT2D eigenvalue weighted by Gasteiger charge is 2.49. The Kier molecular flexibility index (Phi) is 11.6. The number of hydrogen-bond acceptors (Lipinski definition) is 2. The number of nitrogens with one attached hydrogen (secondary N) is 1. The van der Waals surface area contributed by atoms with Gasteiger partial charge in [0.05, 0.1) is 30.1 Å². The van der Waals surface area contributed by atoms with E-state index in [0.717, 1.165) is 16.8 Å². The van der Waals surface area contributed by atoms with Gasteiger partial charge in [-0.3, -0.25) is 4.79 Å². The molecule has 0 saturated carbocycles. The highest BCUT2D eigenvalue weighted by Crippen LogP contribution is 2.66. The van der Waals surface area contributed by atoms with E-state index in [2.05, 4.69) is 46.0 Å². The number of rotatable bonds is 13. The molecule has 3 nitrogen and oxygen atoms in total. The molecule has 1 aromatic rings. The number of benzene rings is 1. The lowest BCUT2D eigenvalue weighted by Gasteiger charge is -2.37. The van der Waals surface area contributed by atoms with E-state index in [9.17, 15) is 10.1 Å². The Morgan fingerprint density at radius 3 is 1.73 bits per heavy atom. The lowest BCUT2D eigenvalue weighted by Crippen LogP contribution is -2.38. The number of carbonyl (C=O) groups is 1. The summed E-state index contributed by atoms with van der Waals surface area (Å²) in [6.45, 7) is 15.2. The zero-order valence-corrected chi connectivity index (χ0v) is 21.4. The quantitative estimate of drug-likeness (QED) is 0.328. The first-order chi connectivity index (χ1) is 14.3. The number of carbonyl (C=O) groups excluding carboxylic acids is 1. The predicted molar refractivity (Wildman–Crippen MR) is 134 cm³/mol. The van der Waals surface area contributed by atoms with Crippen molar-refractivity contribution in [1.29, 1.82) is 5.26 Å². The Morgan fingerprint density at radius 1 is 0.967 bits per heavy atom. The minimum Gasteiger partial charge on any atom is -0.322 e. The van der Waals surface area contributed by atoms with Crippen molar-refractivity contribution in [1.82, 2.24) is 0 Å². The first kappa shape index (κ1) is 26.6. The minimum atomic E-state index is -1.42. The van der Waals surface area contributed by atoms with Crippen molar-refractivity contribution >= 4 is 18.9 Å². The largest absolute Gasteiger partial charge is 0.322 e. The molecule has 0 aliphatic rings. The Bertz CT molecular complexity index is 675. The van der Waals surface area contributed by atoms with E-state index in [4.69, 9.17) is 0 Å². The summed E-state index contributed by atoms with van der Waals surface area (Å²) in [5, 5.41) is 12.6. The average Bonchev–Trinajstić information content (AvgIpc) is 2.71. The standard InChI is InChI=1S/C26H43N2OP/c1-8-11-14-30(15-12-9-2,16-13-10-3)25(20(4)5)26(29)28-24-21(6)17-23(19-27)18-22(24)7/h17-18,20,25H,8-16H2,1-7H3/p+1. The maximum Gasteiger partial charge on any atom is 0.265 e. The third kappa shape index (κ3) is 7.09. The Balaban J connectivity index is 3.35. The molecule has 4 heteroatoms. The van der Waals surface area contributed by atoms with E-state index in [1.54, 1.807) is 0 Å². The van der Waals surface area contributed by atoms with Crippen LogP contribution < -0.4 is 5.32 Å². The maximum atomic E-state index is 13.8. The molecule has 0 radical (unpaired) electrons. The second-order valence-corrected chi connectivity index (χ2v) is 13.6. The van der Waals surface area contributed by atoms with Gasteiger partial charge in [0.2, 0.25) is 0 Å². The number of anilines is 1. The molecular weight excluding hydrogens is 387 g/mol. The van der Waals surface area contributed by atoms with E-state index in [0.29, 0.717) is 11.5 Å². The fraction of sp³-hybridized carbons (Fsp3) is 0.692. The molecule has 30 heavy (non-hydrogen) atoms. The van der Waals surface area contributed by atoms with Crippen LogP contribution in [0.5, 0.6) is 0 Å². The lowest BCUT2D eigenvalue weighted by molar-refractivity contribution is -0.116. The first-order valence-corrected chi connectivity index (χ1v) is 14.4. The van der Waals surface area contributed by atoms with Crippen molar-refractivity contribution in [2.45, 2.75) is 92.7 Å². The second-order valence-electron chi connectivity index (χ2n) is 9.22. The van der Waals surface area contributed by atoms with Crippen LogP contribution in [0.2, 0.25) is 0 Å². The van der Waals surface area contributed by atoms with Gasteiger partial charge in [-0.1, -0.05) is 53.9 Å². The number of nitriles is 1. The van der Waals surface area contributed by atoms with E-state index in [-0.39, 0.29) is 11.6 Å². The Labute approximate surface area is 186 Å². The predicted octanol–water partition coefficient (Wildman–Crippen LogP) is 7.56. The summed E-state index contributed by atoms with van der Waals surface area (Å²) in [6, 6.07) is 5.97. The van der Waals surface area contributed by atoms with Crippen LogP contribution in [-0.4, -0.2) is 30.1 Å². The SMILES string of the molecule is CCCC[P+](CCCC)(CCCC)C(C(=O)Nc1c(C)cc(C#N)cc1C)C(C)C. The fourth-order valence-corrected chi connectivity index (χ4v) is 10.9. The number of aryl methyl sites for hydroxylation is 2. The molecule has 1 atom stereocenters. The van der Waals surface area contributed by atoms with Gasteiger partial charge < -0.3 is 5.32 Å². The third-order valence-electron chi connectivity index (χ3n) is 6.27. The Hall–Kier alpha value is -1.39. The van der Waals surface area contributed by atoms with Gasteiger partial charge in [-0.2, -0.15) is 5.26 Å². The fourth-order valence-electron chi connectivity index (χ4n) is 4.78. The van der Waals surface area contributed by atoms with Gasteiger partial charge in [0.1, 0.15) is 5.66 Å². The normalized spacial score (nSPS) is 12.6. The lowest BCUT2D eigenvalue weighted by atomic mass is 10.0. The zero-order chi connectivity index (χ0) is 22.7. The molecule has 168 valence electrons. The van der Waals surface area contributed by atoms with Crippen LogP contribution in [0.3, 0.4) is 0 Å². The zero-order valence-electron chi connectivity index (χ0n) is 20.5. The summed E-state index contributed by atoms with van der Waals surface area (Å²) in [7, 11) is -1.42. The number of nitrogens with zero attached hydrogens (tertiary/aromatic N) is 1. The van der Waals surface area contributed by atoms with E-state index >= 15 is 0 Å². The maximum absolute atomic E-state index is 13.8. The summed E-state index contributed by atoms with van der Waals surface area (Å²) >= 11 is 0. The summed E-state index contributed by atoms with van der Waals surface area (Å²) < 4.78 is 0. The number of amides is 1. The molecule has 0 aliphatic carbocycles. The van der Waals surface area contributed by atoms with Crippen molar-refractivity contribution in [3.05, 3.63) is 28.8 Å². The van der Waals surface area contributed by atoms with Crippen molar-refractivity contribution in [2.75, 3.05) is 23.8 Å². The van der Waals surface area contributed by atoms with Gasteiger partial charge in [0.25, 0.3) is 5.91 Å². The number of hydrogen-bond donors (Lipinski definition) is 1. The van der Waals surface area contributed by atoms with Crippen LogP contribution in [-0.2, 0) is 4.79 Å². The van der Waals surface area contributed by atoms with Crippen molar-refractivity contribution in [3.63, 3.8) is 0 Å². The molecule has 0 heterocycles. The molecule has 1 rings (SSSR count). The highest BCUT2D eigenvalue weighted by molar-refractivity contribution is 7.77. The molecule has 1 unspecified atom stereocenters. The molecular formula is C26H44N2OP+. The molecule has 0 aliphatic heterocycles. The molecule has 0 aromatic heterocycles. The summed E-state index contributed by atoms with van der Waals surface area (Å²) in [4.78, 5) is 13.8. The molecule has 1 N–H and O–H groups in total. The van der Waals surface area contributed by atoms with Gasteiger partial charge in [-0.05, 0) is 62.3 Å². The minimum absolute atomic E-state index is 0.108. The van der Waals surface area contributed by atoms with Gasteiger partial charge in [-0.15, -0.1) is 0 Å². The van der Waals surface area contributed by atoms with Gasteiger partial charge in [0.15, 0.2) is 0 Å². The Morgan fingerprint density at radius 2 is 1.40 bits per heavy atom. The average molecular weight is 432 g/mol. The molecule has 1 amide bonds. The molecule has 0 bridgehead atoms. The van der Waals surface area contributed by atoms with Crippen LogP contribution in [0.1, 0.15) is 89.8 Å². The van der Waals surface area contributed by atoms with Gasteiger partial charge in [0, 0.05) is 12.9 Å².